The Morgan fingerprint density at radius 1 is 1.06 bits per heavy atom. The molecule has 4 nitrogen and oxygen atoms in total. The van der Waals surface area contributed by atoms with Gasteiger partial charge in [0.25, 0.3) is 5.56 Å². The molecule has 172 valence electrons. The van der Waals surface area contributed by atoms with Crippen molar-refractivity contribution >= 4 is 5.70 Å². The molecule has 0 unspecified atom stereocenters. The van der Waals surface area contributed by atoms with E-state index in [1.807, 2.05) is 4.57 Å². The lowest BCUT2D eigenvalue weighted by molar-refractivity contribution is -0.139. The first kappa shape index (κ1) is 22.6. The van der Waals surface area contributed by atoms with Crippen molar-refractivity contribution in [1.29, 1.82) is 0 Å². The van der Waals surface area contributed by atoms with Crippen molar-refractivity contribution in [2.24, 2.45) is 0 Å². The van der Waals surface area contributed by atoms with Gasteiger partial charge in [0, 0.05) is 30.5 Å². The number of halogens is 3. The van der Waals surface area contributed by atoms with Crippen LogP contribution in [-0.2, 0) is 18.4 Å². The highest BCUT2D eigenvalue weighted by Crippen LogP contribution is 2.44. The van der Waals surface area contributed by atoms with E-state index in [4.69, 9.17) is 0 Å². The molecule has 1 fully saturated rings. The number of aryl methyl sites for hydroxylation is 2. The number of alkyl halides is 3. The summed E-state index contributed by atoms with van der Waals surface area (Å²) >= 11 is 0. The van der Waals surface area contributed by atoms with E-state index in [1.54, 1.807) is 6.92 Å². The minimum Gasteiger partial charge on any atom is -0.360 e. The maximum Gasteiger partial charge on any atom is 0.405 e. The van der Waals surface area contributed by atoms with Gasteiger partial charge in [0.05, 0.1) is 11.4 Å². The fourth-order valence-corrected chi connectivity index (χ4v) is 5.54. The van der Waals surface area contributed by atoms with Crippen LogP contribution in [0.1, 0.15) is 59.5 Å². The maximum atomic E-state index is 13.1. The van der Waals surface area contributed by atoms with Gasteiger partial charge >= 0.3 is 6.18 Å². The molecule has 0 amide bonds. The molecular formula is C25H30F3N3O. The van der Waals surface area contributed by atoms with Crippen LogP contribution in [0.25, 0.3) is 5.70 Å². The van der Waals surface area contributed by atoms with Crippen LogP contribution in [0.5, 0.6) is 0 Å². The Morgan fingerprint density at radius 3 is 2.28 bits per heavy atom. The monoisotopic (exact) mass is 445 g/mol. The van der Waals surface area contributed by atoms with Gasteiger partial charge in [-0.25, -0.2) is 0 Å². The van der Waals surface area contributed by atoms with E-state index in [0.29, 0.717) is 30.0 Å². The molecule has 32 heavy (non-hydrogen) atoms. The number of aromatic nitrogens is 2. The number of nitrogens with zero attached hydrogens (tertiary/aromatic N) is 3. The lowest BCUT2D eigenvalue weighted by Gasteiger charge is -2.37. The summed E-state index contributed by atoms with van der Waals surface area (Å²) < 4.78 is 41.1. The molecule has 4 rings (SSSR count). The SMILES string of the molecule is C=C1c2c(C)c(=O)nc(CC3(c4cc(C)cc(C)c4)CCCC3)n2CCN1CC(F)(F)F. The second-order valence-corrected chi connectivity index (χ2v) is 9.48. The van der Waals surface area contributed by atoms with Crippen molar-refractivity contribution in [3.05, 3.63) is 68.9 Å². The lowest BCUT2D eigenvalue weighted by atomic mass is 9.75. The molecule has 0 N–H and O–H groups in total. The minimum absolute atomic E-state index is 0.114. The molecule has 1 saturated carbocycles. The van der Waals surface area contributed by atoms with Crippen molar-refractivity contribution in [3.63, 3.8) is 0 Å². The molecule has 0 spiro atoms. The Hall–Kier alpha value is -2.57. The third kappa shape index (κ3) is 4.21. The summed E-state index contributed by atoms with van der Waals surface area (Å²) in [7, 11) is 0. The Morgan fingerprint density at radius 2 is 1.69 bits per heavy atom. The molecule has 0 radical (unpaired) electrons. The Labute approximate surface area is 186 Å². The molecule has 0 atom stereocenters. The van der Waals surface area contributed by atoms with Gasteiger partial charge in [0.1, 0.15) is 12.4 Å². The van der Waals surface area contributed by atoms with E-state index in [1.165, 1.54) is 21.6 Å². The summed E-state index contributed by atoms with van der Waals surface area (Å²) in [4.78, 5) is 18.4. The molecule has 0 saturated heterocycles. The van der Waals surface area contributed by atoms with Crippen LogP contribution in [0.2, 0.25) is 0 Å². The fraction of sp³-hybridized carbons (Fsp3) is 0.520. The zero-order valence-electron chi connectivity index (χ0n) is 19.0. The third-order valence-corrected chi connectivity index (χ3v) is 7.00. The van der Waals surface area contributed by atoms with Crippen LogP contribution in [0.3, 0.4) is 0 Å². The number of benzene rings is 1. The molecule has 7 heteroatoms. The first-order chi connectivity index (χ1) is 15.0. The van der Waals surface area contributed by atoms with E-state index >= 15 is 0 Å². The van der Waals surface area contributed by atoms with E-state index < -0.39 is 12.7 Å². The van der Waals surface area contributed by atoms with Crippen LogP contribution < -0.4 is 5.56 Å². The molecule has 2 aromatic rings. The van der Waals surface area contributed by atoms with Gasteiger partial charge in [-0.3, -0.25) is 4.79 Å². The summed E-state index contributed by atoms with van der Waals surface area (Å²) in [6, 6.07) is 6.61. The van der Waals surface area contributed by atoms with Crippen molar-refractivity contribution in [1.82, 2.24) is 14.5 Å². The van der Waals surface area contributed by atoms with E-state index in [2.05, 4.69) is 43.6 Å². The first-order valence-corrected chi connectivity index (χ1v) is 11.2. The second kappa shape index (κ2) is 8.09. The number of rotatable bonds is 4. The average molecular weight is 446 g/mol. The minimum atomic E-state index is -4.33. The van der Waals surface area contributed by atoms with Crippen LogP contribution in [0.4, 0.5) is 13.2 Å². The van der Waals surface area contributed by atoms with E-state index in [9.17, 15) is 18.0 Å². The van der Waals surface area contributed by atoms with E-state index in [-0.39, 0.29) is 23.2 Å². The van der Waals surface area contributed by atoms with Crippen LogP contribution >= 0.6 is 0 Å². The quantitative estimate of drug-likeness (QED) is 0.659. The zero-order chi connectivity index (χ0) is 23.3. The molecule has 1 aliphatic heterocycles. The van der Waals surface area contributed by atoms with Crippen LogP contribution in [-0.4, -0.2) is 33.7 Å². The van der Waals surface area contributed by atoms with E-state index in [0.717, 1.165) is 25.7 Å². The van der Waals surface area contributed by atoms with Crippen molar-refractivity contribution in [2.45, 2.75) is 71.0 Å². The number of fused-ring (bicyclic) bond motifs is 1. The van der Waals surface area contributed by atoms with Gasteiger partial charge in [-0.05, 0) is 39.2 Å². The Kier molecular flexibility index (Phi) is 5.72. The predicted molar refractivity (Wildman–Crippen MR) is 120 cm³/mol. The molecule has 2 aliphatic rings. The lowest BCUT2D eigenvalue weighted by Crippen LogP contribution is -2.42. The van der Waals surface area contributed by atoms with Gasteiger partial charge in [-0.1, -0.05) is 48.7 Å². The predicted octanol–water partition coefficient (Wildman–Crippen LogP) is 5.07. The highest BCUT2D eigenvalue weighted by molar-refractivity contribution is 5.63. The van der Waals surface area contributed by atoms with Crippen molar-refractivity contribution in [2.75, 3.05) is 13.1 Å². The Balaban J connectivity index is 1.78. The topological polar surface area (TPSA) is 38.1 Å². The van der Waals surface area contributed by atoms with Crippen LogP contribution in [0, 0.1) is 20.8 Å². The highest BCUT2D eigenvalue weighted by atomic mass is 19.4. The fourth-order valence-electron chi connectivity index (χ4n) is 5.54. The average Bonchev–Trinajstić information content (AvgIpc) is 3.15. The Bertz CT molecular complexity index is 1090. The normalized spacial score (nSPS) is 18.2. The number of hydrogen-bond acceptors (Lipinski definition) is 3. The maximum absolute atomic E-state index is 13.1. The molecule has 1 aromatic heterocycles. The summed E-state index contributed by atoms with van der Waals surface area (Å²) in [6.07, 6.45) is 0.521. The van der Waals surface area contributed by atoms with Gasteiger partial charge in [-0.15, -0.1) is 0 Å². The second-order valence-electron chi connectivity index (χ2n) is 9.48. The summed E-state index contributed by atoms with van der Waals surface area (Å²) in [5.41, 5.74) is 4.29. The summed E-state index contributed by atoms with van der Waals surface area (Å²) in [6.45, 7) is 9.23. The van der Waals surface area contributed by atoms with Gasteiger partial charge in [0.2, 0.25) is 0 Å². The number of hydrogen-bond donors (Lipinski definition) is 0. The standard InChI is InChI=1S/C25H30F3N3O/c1-16-11-17(2)13-20(12-16)24(7-5-6-8-24)14-21-29-23(32)18(3)22-19(4)30(9-10-31(21)22)15-25(26,27)28/h11-13H,4-10,14-15H2,1-3H3. The largest absolute Gasteiger partial charge is 0.405 e. The molecule has 1 aliphatic carbocycles. The zero-order valence-corrected chi connectivity index (χ0v) is 19.0. The first-order valence-electron chi connectivity index (χ1n) is 11.2. The van der Waals surface area contributed by atoms with Gasteiger partial charge < -0.3 is 9.47 Å². The van der Waals surface area contributed by atoms with Gasteiger partial charge in [0.15, 0.2) is 0 Å². The summed E-state index contributed by atoms with van der Waals surface area (Å²) in [5.74, 6) is 0.657. The van der Waals surface area contributed by atoms with Crippen molar-refractivity contribution in [3.8, 4) is 0 Å². The molecular weight excluding hydrogens is 415 g/mol. The molecule has 2 heterocycles. The van der Waals surface area contributed by atoms with Crippen LogP contribution in [0.15, 0.2) is 29.6 Å². The molecule has 1 aromatic carbocycles. The smallest absolute Gasteiger partial charge is 0.360 e. The molecule has 0 bridgehead atoms. The highest BCUT2D eigenvalue weighted by Gasteiger charge is 2.39. The third-order valence-electron chi connectivity index (χ3n) is 7.00. The summed E-state index contributed by atoms with van der Waals surface area (Å²) in [5, 5.41) is 0. The van der Waals surface area contributed by atoms with Gasteiger partial charge in [-0.2, -0.15) is 18.2 Å². The van der Waals surface area contributed by atoms with Crippen molar-refractivity contribution < 1.29 is 13.2 Å².